The van der Waals surface area contributed by atoms with Gasteiger partial charge in [-0.05, 0) is 25.3 Å². The van der Waals surface area contributed by atoms with Crippen LogP contribution in [-0.2, 0) is 4.74 Å². The number of hydrogen-bond acceptors (Lipinski definition) is 3. The number of nitrogens with zero attached hydrogens (tertiary/aromatic N) is 1. The molecule has 2 heterocycles. The van der Waals surface area contributed by atoms with E-state index in [1.807, 2.05) is 0 Å². The van der Waals surface area contributed by atoms with Gasteiger partial charge in [0.05, 0.1) is 6.61 Å². The van der Waals surface area contributed by atoms with Crippen LogP contribution in [0, 0.1) is 11.8 Å². The topological polar surface area (TPSA) is 24.5 Å². The lowest BCUT2D eigenvalue weighted by atomic mass is 9.81. The van der Waals surface area contributed by atoms with Gasteiger partial charge < -0.3 is 15.0 Å². The van der Waals surface area contributed by atoms with E-state index in [0.717, 1.165) is 38.1 Å². The average molecular weight is 212 g/mol. The Bertz CT molecular complexity index is 208. The maximum absolute atomic E-state index is 5.58. The number of nitrogens with one attached hydrogen (secondary N) is 1. The second kappa shape index (κ2) is 4.81. The first-order valence-corrected chi connectivity index (χ1v) is 6.21. The second-order valence-electron chi connectivity index (χ2n) is 5.30. The Hall–Kier alpha value is -0.120. The van der Waals surface area contributed by atoms with Crippen molar-refractivity contribution >= 4 is 0 Å². The molecule has 1 N–H and O–H groups in total. The van der Waals surface area contributed by atoms with Gasteiger partial charge in [0.25, 0.3) is 0 Å². The number of ether oxygens (including phenoxy) is 1. The van der Waals surface area contributed by atoms with E-state index in [1.165, 1.54) is 6.42 Å². The Morgan fingerprint density at radius 2 is 2.20 bits per heavy atom. The van der Waals surface area contributed by atoms with E-state index in [9.17, 15) is 0 Å². The highest BCUT2D eigenvalue weighted by molar-refractivity contribution is 4.93. The Balaban J connectivity index is 2.14. The fourth-order valence-electron chi connectivity index (χ4n) is 3.28. The van der Waals surface area contributed by atoms with Crippen LogP contribution in [0.3, 0.4) is 0 Å². The molecular formula is C12H24N2O. The highest BCUT2D eigenvalue weighted by atomic mass is 16.5. The summed E-state index contributed by atoms with van der Waals surface area (Å²) >= 11 is 0. The van der Waals surface area contributed by atoms with E-state index in [0.29, 0.717) is 12.1 Å². The largest absolute Gasteiger partial charge is 0.380 e. The highest BCUT2D eigenvalue weighted by Gasteiger charge is 2.37. The van der Waals surface area contributed by atoms with Crippen LogP contribution in [0.25, 0.3) is 0 Å². The molecule has 0 aromatic rings. The van der Waals surface area contributed by atoms with Gasteiger partial charge in [0.15, 0.2) is 0 Å². The molecule has 0 aromatic carbocycles. The minimum Gasteiger partial charge on any atom is -0.380 e. The van der Waals surface area contributed by atoms with Gasteiger partial charge in [-0.2, -0.15) is 0 Å². The Morgan fingerprint density at radius 1 is 1.40 bits per heavy atom. The normalized spacial score (nSPS) is 38.8. The zero-order chi connectivity index (χ0) is 10.8. The van der Waals surface area contributed by atoms with E-state index in [2.05, 4.69) is 31.1 Å². The van der Waals surface area contributed by atoms with Crippen LogP contribution in [0.4, 0.5) is 0 Å². The Morgan fingerprint density at radius 3 is 2.93 bits per heavy atom. The molecule has 88 valence electrons. The third-order valence-corrected chi connectivity index (χ3v) is 3.91. The standard InChI is InChI=1S/C12H24N2O/c1-9(2)12-10-4-7-15-8-11(10)13-5-6-14(12)3/h9-13H,4-8H2,1-3H3/t10-,11?,12+/m1/s1. The molecule has 3 nitrogen and oxygen atoms in total. The molecular weight excluding hydrogens is 188 g/mol. The van der Waals surface area contributed by atoms with Crippen molar-refractivity contribution < 1.29 is 4.74 Å². The zero-order valence-corrected chi connectivity index (χ0v) is 10.2. The first kappa shape index (κ1) is 11.4. The van der Waals surface area contributed by atoms with E-state index in [4.69, 9.17) is 4.74 Å². The summed E-state index contributed by atoms with van der Waals surface area (Å²) < 4.78 is 5.58. The van der Waals surface area contributed by atoms with Gasteiger partial charge in [0, 0.05) is 31.8 Å². The SMILES string of the molecule is CC(C)[C@H]1[C@@H]2CCOCC2NCCN1C. The van der Waals surface area contributed by atoms with E-state index >= 15 is 0 Å². The molecule has 0 aromatic heterocycles. The van der Waals surface area contributed by atoms with Crippen molar-refractivity contribution in [3.63, 3.8) is 0 Å². The Labute approximate surface area is 93.2 Å². The molecule has 2 aliphatic rings. The van der Waals surface area contributed by atoms with Crippen LogP contribution < -0.4 is 5.32 Å². The predicted octanol–water partition coefficient (Wildman–Crippen LogP) is 0.951. The van der Waals surface area contributed by atoms with Crippen LogP contribution in [0.1, 0.15) is 20.3 Å². The summed E-state index contributed by atoms with van der Waals surface area (Å²) in [6, 6.07) is 1.30. The van der Waals surface area contributed by atoms with Gasteiger partial charge in [-0.1, -0.05) is 13.8 Å². The summed E-state index contributed by atoms with van der Waals surface area (Å²) in [4.78, 5) is 2.54. The molecule has 0 spiro atoms. The van der Waals surface area contributed by atoms with Crippen molar-refractivity contribution in [2.75, 3.05) is 33.4 Å². The third kappa shape index (κ3) is 2.35. The zero-order valence-electron chi connectivity index (χ0n) is 10.2. The summed E-state index contributed by atoms with van der Waals surface area (Å²) in [5.41, 5.74) is 0. The van der Waals surface area contributed by atoms with Crippen LogP contribution in [0.15, 0.2) is 0 Å². The predicted molar refractivity (Wildman–Crippen MR) is 62.0 cm³/mol. The Kier molecular flexibility index (Phi) is 3.65. The van der Waals surface area contributed by atoms with Crippen molar-refractivity contribution in [1.82, 2.24) is 10.2 Å². The lowest BCUT2D eigenvalue weighted by Crippen LogP contribution is -2.50. The van der Waals surface area contributed by atoms with Gasteiger partial charge in [0.2, 0.25) is 0 Å². The van der Waals surface area contributed by atoms with Crippen LogP contribution >= 0.6 is 0 Å². The summed E-state index contributed by atoms with van der Waals surface area (Å²) in [5, 5.41) is 3.63. The minimum absolute atomic E-state index is 0.580. The van der Waals surface area contributed by atoms with Gasteiger partial charge in [-0.25, -0.2) is 0 Å². The van der Waals surface area contributed by atoms with E-state index in [-0.39, 0.29) is 0 Å². The quantitative estimate of drug-likeness (QED) is 0.700. The fraction of sp³-hybridized carbons (Fsp3) is 1.00. The maximum atomic E-state index is 5.58. The molecule has 1 unspecified atom stereocenters. The van der Waals surface area contributed by atoms with Gasteiger partial charge in [-0.3, -0.25) is 0 Å². The first-order valence-electron chi connectivity index (χ1n) is 6.21. The second-order valence-corrected chi connectivity index (χ2v) is 5.30. The van der Waals surface area contributed by atoms with Crippen LogP contribution in [0.2, 0.25) is 0 Å². The molecule has 2 aliphatic heterocycles. The molecule has 15 heavy (non-hydrogen) atoms. The van der Waals surface area contributed by atoms with Crippen molar-refractivity contribution in [3.8, 4) is 0 Å². The summed E-state index contributed by atoms with van der Waals surface area (Å²) in [5.74, 6) is 1.51. The molecule has 0 amide bonds. The fourth-order valence-corrected chi connectivity index (χ4v) is 3.28. The van der Waals surface area contributed by atoms with Crippen molar-refractivity contribution in [3.05, 3.63) is 0 Å². The first-order chi connectivity index (χ1) is 7.20. The monoisotopic (exact) mass is 212 g/mol. The molecule has 2 rings (SSSR count). The number of likely N-dealkylation sites (N-methyl/N-ethyl adjacent to an activating group) is 1. The molecule has 3 atom stereocenters. The molecule has 0 radical (unpaired) electrons. The van der Waals surface area contributed by atoms with Gasteiger partial charge in [-0.15, -0.1) is 0 Å². The smallest absolute Gasteiger partial charge is 0.0622 e. The molecule has 2 saturated heterocycles. The molecule has 2 fully saturated rings. The van der Waals surface area contributed by atoms with Crippen LogP contribution in [0.5, 0.6) is 0 Å². The third-order valence-electron chi connectivity index (χ3n) is 3.91. The molecule has 0 aliphatic carbocycles. The van der Waals surface area contributed by atoms with Gasteiger partial charge >= 0.3 is 0 Å². The van der Waals surface area contributed by atoms with Crippen LogP contribution in [-0.4, -0.2) is 50.3 Å². The number of hydrogen-bond donors (Lipinski definition) is 1. The molecule has 3 heteroatoms. The molecule has 0 saturated carbocycles. The maximum Gasteiger partial charge on any atom is 0.0622 e. The number of rotatable bonds is 1. The summed E-state index contributed by atoms with van der Waals surface area (Å²) in [6.07, 6.45) is 1.21. The lowest BCUT2D eigenvalue weighted by molar-refractivity contribution is 0.00640. The average Bonchev–Trinajstić information content (AvgIpc) is 2.35. The minimum atomic E-state index is 0.580. The van der Waals surface area contributed by atoms with Crippen molar-refractivity contribution in [1.29, 1.82) is 0 Å². The van der Waals surface area contributed by atoms with Crippen molar-refractivity contribution in [2.24, 2.45) is 11.8 Å². The lowest BCUT2D eigenvalue weighted by Gasteiger charge is -2.40. The number of fused-ring (bicyclic) bond motifs is 1. The molecule has 0 bridgehead atoms. The summed E-state index contributed by atoms with van der Waals surface area (Å²) in [6.45, 7) is 8.81. The van der Waals surface area contributed by atoms with Crippen molar-refractivity contribution in [2.45, 2.75) is 32.4 Å². The van der Waals surface area contributed by atoms with E-state index < -0.39 is 0 Å². The highest BCUT2D eigenvalue weighted by Crippen LogP contribution is 2.28. The van der Waals surface area contributed by atoms with Gasteiger partial charge in [0.1, 0.15) is 0 Å². The summed E-state index contributed by atoms with van der Waals surface area (Å²) in [7, 11) is 2.27. The van der Waals surface area contributed by atoms with E-state index in [1.54, 1.807) is 0 Å².